The summed E-state index contributed by atoms with van der Waals surface area (Å²) in [6.45, 7) is 10.7. The molecule has 2 aliphatic heterocycles. The van der Waals surface area contributed by atoms with Gasteiger partial charge in [0.05, 0.1) is 19.0 Å². The Morgan fingerprint density at radius 2 is 1.79 bits per heavy atom. The fourth-order valence-corrected chi connectivity index (χ4v) is 5.42. The average Bonchev–Trinajstić information content (AvgIpc) is 3.44. The minimum Gasteiger partial charge on any atom is -0.340 e. The zero-order valence-electron chi connectivity index (χ0n) is 22.9. The average molecular weight is 519 g/mol. The van der Waals surface area contributed by atoms with E-state index in [1.807, 2.05) is 32.0 Å². The molecule has 3 heterocycles. The molecule has 1 aromatic carbocycles. The van der Waals surface area contributed by atoms with Crippen LogP contribution in [-0.2, 0) is 26.2 Å². The third-order valence-corrected chi connectivity index (χ3v) is 7.43. The van der Waals surface area contributed by atoms with Gasteiger partial charge in [0.15, 0.2) is 5.78 Å². The highest BCUT2D eigenvalue weighted by Gasteiger charge is 2.52. The molecule has 2 saturated heterocycles. The van der Waals surface area contributed by atoms with E-state index in [1.165, 1.54) is 0 Å². The Bertz CT molecular complexity index is 1190. The SMILES string of the molecule is CC(C)CC(NC(=O)c1ccc(C(C)(C)C)cc1)C(=O)N1CCC2C1C(=O)CN2C(=O)Cc1cccnc1. The van der Waals surface area contributed by atoms with Crippen molar-refractivity contribution in [1.82, 2.24) is 20.1 Å². The van der Waals surface area contributed by atoms with E-state index < -0.39 is 12.1 Å². The molecule has 38 heavy (non-hydrogen) atoms. The van der Waals surface area contributed by atoms with E-state index in [9.17, 15) is 19.2 Å². The highest BCUT2D eigenvalue weighted by Crippen LogP contribution is 2.31. The Kier molecular flexibility index (Phi) is 7.99. The number of pyridine rings is 1. The van der Waals surface area contributed by atoms with Crippen molar-refractivity contribution < 1.29 is 19.2 Å². The van der Waals surface area contributed by atoms with Crippen LogP contribution in [0, 0.1) is 5.92 Å². The molecular formula is C30H38N4O4. The van der Waals surface area contributed by atoms with Crippen LogP contribution in [0.3, 0.4) is 0 Å². The lowest BCUT2D eigenvalue weighted by Gasteiger charge is -2.29. The number of Topliss-reactive ketones (excluding diaryl/α,β-unsaturated/α-hetero) is 1. The van der Waals surface area contributed by atoms with Crippen LogP contribution in [-0.4, -0.2) is 69.5 Å². The molecule has 1 N–H and O–H groups in total. The lowest BCUT2D eigenvalue weighted by Crippen LogP contribution is -2.53. The number of hydrogen-bond acceptors (Lipinski definition) is 5. The second-order valence-corrected chi connectivity index (χ2v) is 11.8. The van der Waals surface area contributed by atoms with E-state index >= 15 is 0 Å². The summed E-state index contributed by atoms with van der Waals surface area (Å²) < 4.78 is 0. The molecule has 202 valence electrons. The van der Waals surface area contributed by atoms with E-state index in [0.29, 0.717) is 24.9 Å². The standard InChI is InChI=1S/C30H38N4O4/c1-19(2)15-23(32-28(37)21-8-10-22(11-9-21)30(3,4)5)29(38)33-14-12-24-27(33)25(35)18-34(24)26(36)16-20-7-6-13-31-17-20/h6-11,13,17,19,23-24,27H,12,14-16,18H2,1-5H3,(H,32,37). The van der Waals surface area contributed by atoms with Crippen LogP contribution in [0.5, 0.6) is 0 Å². The van der Waals surface area contributed by atoms with Gasteiger partial charge in [-0.2, -0.15) is 0 Å². The number of ketones is 1. The Morgan fingerprint density at radius 3 is 2.39 bits per heavy atom. The van der Waals surface area contributed by atoms with Gasteiger partial charge in [0.1, 0.15) is 12.1 Å². The summed E-state index contributed by atoms with van der Waals surface area (Å²) in [7, 11) is 0. The van der Waals surface area contributed by atoms with Gasteiger partial charge >= 0.3 is 0 Å². The summed E-state index contributed by atoms with van der Waals surface area (Å²) in [6.07, 6.45) is 4.46. The van der Waals surface area contributed by atoms with Crippen molar-refractivity contribution in [3.63, 3.8) is 0 Å². The monoisotopic (exact) mass is 518 g/mol. The molecule has 3 atom stereocenters. The minimum absolute atomic E-state index is 0.000456. The van der Waals surface area contributed by atoms with E-state index in [2.05, 4.69) is 31.1 Å². The first-order chi connectivity index (χ1) is 18.0. The topological polar surface area (TPSA) is 99.7 Å². The summed E-state index contributed by atoms with van der Waals surface area (Å²) in [5.74, 6) is -0.693. The molecule has 4 rings (SSSR count). The van der Waals surface area contributed by atoms with Gasteiger partial charge in [-0.15, -0.1) is 0 Å². The third kappa shape index (κ3) is 5.95. The van der Waals surface area contributed by atoms with Crippen molar-refractivity contribution in [1.29, 1.82) is 0 Å². The molecule has 0 aliphatic carbocycles. The Labute approximate surface area is 224 Å². The number of benzene rings is 1. The predicted octanol–water partition coefficient (Wildman–Crippen LogP) is 3.15. The first kappa shape index (κ1) is 27.5. The molecule has 0 spiro atoms. The second-order valence-electron chi connectivity index (χ2n) is 11.8. The van der Waals surface area contributed by atoms with Crippen molar-refractivity contribution in [2.75, 3.05) is 13.1 Å². The molecule has 3 amide bonds. The number of carbonyl (C=O) groups is 4. The number of likely N-dealkylation sites (tertiary alicyclic amines) is 2. The number of nitrogens with zero attached hydrogens (tertiary/aromatic N) is 3. The summed E-state index contributed by atoms with van der Waals surface area (Å²) >= 11 is 0. The molecule has 8 heteroatoms. The van der Waals surface area contributed by atoms with Crippen molar-refractivity contribution in [2.24, 2.45) is 5.92 Å². The molecule has 0 saturated carbocycles. The van der Waals surface area contributed by atoms with Gasteiger partial charge in [-0.25, -0.2) is 0 Å². The summed E-state index contributed by atoms with van der Waals surface area (Å²) in [6, 6.07) is 9.29. The van der Waals surface area contributed by atoms with Gasteiger partial charge < -0.3 is 15.1 Å². The van der Waals surface area contributed by atoms with Crippen LogP contribution in [0.15, 0.2) is 48.8 Å². The molecule has 2 aromatic rings. The minimum atomic E-state index is -0.753. The number of fused-ring (bicyclic) bond motifs is 1. The van der Waals surface area contributed by atoms with E-state index in [4.69, 9.17) is 0 Å². The zero-order valence-corrected chi connectivity index (χ0v) is 22.9. The second kappa shape index (κ2) is 11.1. The van der Waals surface area contributed by atoms with E-state index in [1.54, 1.807) is 40.4 Å². The Balaban J connectivity index is 1.47. The predicted molar refractivity (Wildman–Crippen MR) is 144 cm³/mol. The van der Waals surface area contributed by atoms with Crippen molar-refractivity contribution in [2.45, 2.75) is 77.4 Å². The van der Waals surface area contributed by atoms with Crippen molar-refractivity contribution >= 4 is 23.5 Å². The number of aromatic nitrogens is 1. The number of rotatable bonds is 7. The first-order valence-electron chi connectivity index (χ1n) is 13.4. The highest BCUT2D eigenvalue weighted by atomic mass is 16.2. The maximum absolute atomic E-state index is 13.7. The molecule has 3 unspecified atom stereocenters. The fraction of sp³-hybridized carbons (Fsp3) is 0.500. The number of amides is 3. The van der Waals surface area contributed by atoms with E-state index in [0.717, 1.165) is 11.1 Å². The molecule has 0 radical (unpaired) electrons. The van der Waals surface area contributed by atoms with Crippen LogP contribution < -0.4 is 5.32 Å². The Hall–Kier alpha value is -3.55. The normalized spacial score (nSPS) is 20.0. The van der Waals surface area contributed by atoms with E-state index in [-0.39, 0.29) is 53.8 Å². The van der Waals surface area contributed by atoms with Crippen LogP contribution in [0.4, 0.5) is 0 Å². The van der Waals surface area contributed by atoms with Crippen LogP contribution >= 0.6 is 0 Å². The quantitative estimate of drug-likeness (QED) is 0.607. The molecule has 8 nitrogen and oxygen atoms in total. The molecule has 1 aromatic heterocycles. The summed E-state index contributed by atoms with van der Waals surface area (Å²) in [5.41, 5.74) is 2.37. The molecule has 0 bridgehead atoms. The lowest BCUT2D eigenvalue weighted by atomic mass is 9.86. The number of nitrogens with one attached hydrogen (secondary N) is 1. The van der Waals surface area contributed by atoms with Crippen LogP contribution in [0.25, 0.3) is 0 Å². The largest absolute Gasteiger partial charge is 0.340 e. The summed E-state index contributed by atoms with van der Waals surface area (Å²) in [4.78, 5) is 60.2. The van der Waals surface area contributed by atoms with Crippen LogP contribution in [0.1, 0.15) is 68.9 Å². The van der Waals surface area contributed by atoms with Crippen LogP contribution in [0.2, 0.25) is 0 Å². The van der Waals surface area contributed by atoms with Gasteiger partial charge in [-0.1, -0.05) is 52.8 Å². The summed E-state index contributed by atoms with van der Waals surface area (Å²) in [5, 5.41) is 2.93. The Morgan fingerprint density at radius 1 is 1.08 bits per heavy atom. The maximum Gasteiger partial charge on any atom is 0.251 e. The third-order valence-electron chi connectivity index (χ3n) is 7.43. The van der Waals surface area contributed by atoms with Crippen molar-refractivity contribution in [3.8, 4) is 0 Å². The molecular weight excluding hydrogens is 480 g/mol. The highest BCUT2D eigenvalue weighted by molar-refractivity contribution is 6.01. The maximum atomic E-state index is 13.7. The number of hydrogen-bond donors (Lipinski definition) is 1. The number of carbonyl (C=O) groups excluding carboxylic acids is 4. The van der Waals surface area contributed by atoms with Gasteiger partial charge in [-0.05, 0) is 53.5 Å². The fourth-order valence-electron chi connectivity index (χ4n) is 5.42. The first-order valence-corrected chi connectivity index (χ1v) is 13.4. The van der Waals surface area contributed by atoms with Gasteiger partial charge in [-0.3, -0.25) is 24.2 Å². The van der Waals surface area contributed by atoms with Gasteiger partial charge in [0.2, 0.25) is 11.8 Å². The smallest absolute Gasteiger partial charge is 0.251 e. The lowest BCUT2D eigenvalue weighted by molar-refractivity contribution is -0.138. The van der Waals surface area contributed by atoms with Gasteiger partial charge in [0.25, 0.3) is 5.91 Å². The zero-order chi connectivity index (χ0) is 27.6. The van der Waals surface area contributed by atoms with Crippen molar-refractivity contribution in [3.05, 3.63) is 65.5 Å². The molecule has 2 aliphatic rings. The van der Waals surface area contributed by atoms with Gasteiger partial charge in [0, 0.05) is 24.5 Å². The molecule has 2 fully saturated rings.